The van der Waals surface area contributed by atoms with Crippen LogP contribution in [-0.2, 0) is 13.0 Å². The van der Waals surface area contributed by atoms with E-state index < -0.39 is 0 Å². The van der Waals surface area contributed by atoms with Gasteiger partial charge in [0, 0.05) is 31.6 Å². The predicted octanol–water partition coefficient (Wildman–Crippen LogP) is 4.17. The number of hydrogen-bond donors (Lipinski definition) is 0. The summed E-state index contributed by atoms with van der Waals surface area (Å²) in [6.45, 7) is 2.51. The summed E-state index contributed by atoms with van der Waals surface area (Å²) >= 11 is 0. The molecule has 1 saturated heterocycles. The smallest absolute Gasteiger partial charge is 0.261 e. The minimum absolute atomic E-state index is 0.0499. The Hall–Kier alpha value is -2.17. The van der Waals surface area contributed by atoms with Crippen molar-refractivity contribution < 1.29 is 4.79 Å². The molecule has 1 saturated carbocycles. The number of nitrogens with zero attached hydrogens (tertiary/aromatic N) is 3. The first-order chi connectivity index (χ1) is 14.2. The lowest BCUT2D eigenvalue weighted by molar-refractivity contribution is 0.0521. The molecule has 2 fully saturated rings. The Labute approximate surface area is 172 Å². The first kappa shape index (κ1) is 18.8. The second-order valence-corrected chi connectivity index (χ2v) is 9.23. The fraction of sp³-hybridized carbons (Fsp3) is 0.625. The Balaban J connectivity index is 1.44. The zero-order valence-electron chi connectivity index (χ0n) is 17.2. The minimum Gasteiger partial charge on any atom is -0.338 e. The van der Waals surface area contributed by atoms with E-state index >= 15 is 0 Å². The van der Waals surface area contributed by atoms with Crippen molar-refractivity contribution in [2.45, 2.75) is 70.8 Å². The number of carbonyl (C=O) groups is 1. The number of piperidine rings is 1. The molecule has 0 N–H and O–H groups in total. The topological polar surface area (TPSA) is 55.2 Å². The molecule has 154 valence electrons. The number of likely N-dealkylation sites (tertiary alicyclic amines) is 1. The zero-order valence-corrected chi connectivity index (χ0v) is 17.2. The van der Waals surface area contributed by atoms with Gasteiger partial charge in [0.1, 0.15) is 5.82 Å². The van der Waals surface area contributed by atoms with E-state index in [1.807, 2.05) is 27.7 Å². The second kappa shape index (κ2) is 7.92. The van der Waals surface area contributed by atoms with E-state index in [1.54, 1.807) is 0 Å². The van der Waals surface area contributed by atoms with E-state index in [2.05, 4.69) is 0 Å². The summed E-state index contributed by atoms with van der Waals surface area (Å²) in [4.78, 5) is 33.1. The van der Waals surface area contributed by atoms with Gasteiger partial charge in [-0.3, -0.25) is 14.2 Å². The molecule has 0 radical (unpaired) electrons. The fourth-order valence-electron chi connectivity index (χ4n) is 5.70. The molecule has 5 heteroatoms. The highest BCUT2D eigenvalue weighted by Gasteiger charge is 2.33. The van der Waals surface area contributed by atoms with Crippen LogP contribution in [0.3, 0.4) is 0 Å². The average molecular weight is 394 g/mol. The Kier molecular flexibility index (Phi) is 5.15. The van der Waals surface area contributed by atoms with Crippen molar-refractivity contribution in [2.24, 2.45) is 11.8 Å². The van der Waals surface area contributed by atoms with Gasteiger partial charge in [-0.25, -0.2) is 4.98 Å². The predicted molar refractivity (Wildman–Crippen MR) is 114 cm³/mol. The summed E-state index contributed by atoms with van der Waals surface area (Å²) < 4.78 is 1.86. The third kappa shape index (κ3) is 3.60. The molecule has 0 spiro atoms. The van der Waals surface area contributed by atoms with Crippen LogP contribution in [0.4, 0.5) is 0 Å². The van der Waals surface area contributed by atoms with E-state index in [-0.39, 0.29) is 11.5 Å². The molecule has 0 bridgehead atoms. The summed E-state index contributed by atoms with van der Waals surface area (Å²) in [6.07, 6.45) is 11.7. The van der Waals surface area contributed by atoms with Crippen molar-refractivity contribution in [3.05, 3.63) is 39.9 Å². The normalized spacial score (nSPS) is 25.0. The molecule has 5 nitrogen and oxygen atoms in total. The van der Waals surface area contributed by atoms with Crippen LogP contribution in [0, 0.1) is 11.8 Å². The number of rotatable bonds is 1. The van der Waals surface area contributed by atoms with Gasteiger partial charge in [0.2, 0.25) is 0 Å². The summed E-state index contributed by atoms with van der Waals surface area (Å²) in [7, 11) is 0. The van der Waals surface area contributed by atoms with Crippen LogP contribution >= 0.6 is 0 Å². The minimum atomic E-state index is 0.0499. The van der Waals surface area contributed by atoms with Gasteiger partial charge in [0.25, 0.3) is 11.5 Å². The summed E-state index contributed by atoms with van der Waals surface area (Å²) in [5, 5.41) is 0.636. The molecule has 2 aliphatic heterocycles. The van der Waals surface area contributed by atoms with Gasteiger partial charge in [0.15, 0.2) is 0 Å². The molecule has 5 rings (SSSR count). The first-order valence-electron chi connectivity index (χ1n) is 11.5. The highest BCUT2D eigenvalue weighted by molar-refractivity contribution is 5.97. The number of aryl methyl sites for hydroxylation is 1. The fourth-order valence-corrected chi connectivity index (χ4v) is 5.70. The molecule has 1 aromatic carbocycles. The molecule has 1 aliphatic carbocycles. The molecule has 1 aromatic heterocycles. The summed E-state index contributed by atoms with van der Waals surface area (Å²) in [5.41, 5.74) is 1.41. The molecule has 3 heterocycles. The number of hydrogen-bond acceptors (Lipinski definition) is 3. The number of carbonyl (C=O) groups excluding carboxylic acids is 1. The molecule has 3 aliphatic rings. The van der Waals surface area contributed by atoms with Gasteiger partial charge in [-0.2, -0.15) is 0 Å². The van der Waals surface area contributed by atoms with E-state index in [9.17, 15) is 9.59 Å². The maximum Gasteiger partial charge on any atom is 0.261 e. The molecule has 2 aromatic rings. The van der Waals surface area contributed by atoms with Gasteiger partial charge in [0.05, 0.1) is 10.9 Å². The van der Waals surface area contributed by atoms with Gasteiger partial charge >= 0.3 is 0 Å². The van der Waals surface area contributed by atoms with Crippen molar-refractivity contribution >= 4 is 16.8 Å². The molecule has 0 unspecified atom stereocenters. The lowest BCUT2D eigenvalue weighted by atomic mass is 9.75. The van der Waals surface area contributed by atoms with E-state index in [0.29, 0.717) is 22.4 Å². The third-order valence-corrected chi connectivity index (χ3v) is 7.39. The van der Waals surface area contributed by atoms with Gasteiger partial charge in [-0.1, -0.05) is 32.1 Å². The highest BCUT2D eigenvalue weighted by Crippen LogP contribution is 2.36. The van der Waals surface area contributed by atoms with Crippen LogP contribution < -0.4 is 5.56 Å². The zero-order chi connectivity index (χ0) is 19.8. The van der Waals surface area contributed by atoms with Gasteiger partial charge in [-0.15, -0.1) is 0 Å². The Morgan fingerprint density at radius 3 is 2.66 bits per heavy atom. The van der Waals surface area contributed by atoms with Crippen molar-refractivity contribution in [1.29, 1.82) is 0 Å². The maximum atomic E-state index is 13.2. The number of amides is 1. The summed E-state index contributed by atoms with van der Waals surface area (Å²) in [5.74, 6) is 2.47. The monoisotopic (exact) mass is 393 g/mol. The molecular weight excluding hydrogens is 362 g/mol. The van der Waals surface area contributed by atoms with Crippen LogP contribution in [0.1, 0.15) is 74.0 Å². The van der Waals surface area contributed by atoms with E-state index in [4.69, 9.17) is 4.98 Å². The van der Waals surface area contributed by atoms with Crippen molar-refractivity contribution in [2.75, 3.05) is 13.1 Å². The van der Waals surface area contributed by atoms with Crippen LogP contribution in [-0.4, -0.2) is 33.4 Å². The van der Waals surface area contributed by atoms with Crippen LogP contribution in [0.5, 0.6) is 0 Å². The molecule has 1 amide bonds. The first-order valence-corrected chi connectivity index (χ1v) is 11.5. The van der Waals surface area contributed by atoms with Crippen molar-refractivity contribution in [3.63, 3.8) is 0 Å². The number of fused-ring (bicyclic) bond motifs is 3. The Morgan fingerprint density at radius 1 is 0.931 bits per heavy atom. The molecule has 29 heavy (non-hydrogen) atoms. The van der Waals surface area contributed by atoms with Gasteiger partial charge in [-0.05, 0) is 55.7 Å². The average Bonchev–Trinajstić information content (AvgIpc) is 2.74. The van der Waals surface area contributed by atoms with Crippen LogP contribution in [0.25, 0.3) is 10.9 Å². The van der Waals surface area contributed by atoms with E-state index in [1.165, 1.54) is 38.5 Å². The summed E-state index contributed by atoms with van der Waals surface area (Å²) in [6, 6.07) is 5.50. The van der Waals surface area contributed by atoms with Crippen LogP contribution in [0.15, 0.2) is 23.0 Å². The van der Waals surface area contributed by atoms with Crippen molar-refractivity contribution in [3.8, 4) is 0 Å². The quantitative estimate of drug-likeness (QED) is 0.731. The Bertz CT molecular complexity index is 980. The SMILES string of the molecule is O=C(c1ccc2c(=O)n3c(nc2c1)CCCCCC3)N1CC[C@@H]2CCCC[C@H]2C1. The Morgan fingerprint density at radius 2 is 1.76 bits per heavy atom. The molecule has 2 atom stereocenters. The largest absolute Gasteiger partial charge is 0.338 e. The van der Waals surface area contributed by atoms with Crippen molar-refractivity contribution in [1.82, 2.24) is 14.5 Å². The second-order valence-electron chi connectivity index (χ2n) is 9.23. The molecular formula is C24H31N3O2. The van der Waals surface area contributed by atoms with Gasteiger partial charge < -0.3 is 4.90 Å². The van der Waals surface area contributed by atoms with Crippen LogP contribution in [0.2, 0.25) is 0 Å². The number of aromatic nitrogens is 2. The lowest BCUT2D eigenvalue weighted by Crippen LogP contribution is -2.44. The van der Waals surface area contributed by atoms with E-state index in [0.717, 1.165) is 57.1 Å². The number of benzene rings is 1. The third-order valence-electron chi connectivity index (χ3n) is 7.39. The lowest BCUT2D eigenvalue weighted by Gasteiger charge is -2.41. The standard InChI is InChI=1S/C24H31N3O2/c28-23(26-14-12-17-7-4-5-8-19(17)16-26)18-10-11-20-21(15-18)25-22-9-3-1-2-6-13-27(22)24(20)29/h10-11,15,17,19H,1-9,12-14,16H2/t17-,19-/m0/s1. The highest BCUT2D eigenvalue weighted by atomic mass is 16.2. The maximum absolute atomic E-state index is 13.2.